The molecule has 0 fully saturated rings. The van der Waals surface area contributed by atoms with Crippen molar-refractivity contribution in [2.75, 3.05) is 0 Å². The first-order valence-electron chi connectivity index (χ1n) is 6.99. The maximum atomic E-state index is 13.8. The Morgan fingerprint density at radius 1 is 0.750 bits per heavy atom. The number of rotatable bonds is 5. The van der Waals surface area contributed by atoms with Crippen LogP contribution < -0.4 is 0 Å². The summed E-state index contributed by atoms with van der Waals surface area (Å²) in [5.74, 6) is -4.14. The smallest absolute Gasteiger partial charge is 0.165 e. The summed E-state index contributed by atoms with van der Waals surface area (Å²) in [6.45, 7) is 9.18. The molecule has 0 heterocycles. The second kappa shape index (κ2) is 6.59. The molecule has 1 aromatic rings. The zero-order valence-electron chi connectivity index (χ0n) is 12.7. The van der Waals surface area contributed by atoms with E-state index in [9.17, 15) is 17.6 Å². The Kier molecular flexibility index (Phi) is 5.60. The lowest BCUT2D eigenvalue weighted by atomic mass is 9.81. The second-order valence-electron chi connectivity index (χ2n) is 6.05. The molecule has 0 aliphatic rings. The molecule has 0 atom stereocenters. The van der Waals surface area contributed by atoms with Crippen LogP contribution in [0.5, 0.6) is 0 Å². The lowest BCUT2D eigenvalue weighted by Gasteiger charge is -2.25. The van der Waals surface area contributed by atoms with E-state index in [2.05, 4.69) is 0 Å². The minimum atomic E-state index is -1.29. The predicted molar refractivity (Wildman–Crippen MR) is 72.5 cm³/mol. The van der Waals surface area contributed by atoms with Crippen LogP contribution in [-0.2, 0) is 6.42 Å². The Morgan fingerprint density at radius 2 is 1.15 bits per heavy atom. The van der Waals surface area contributed by atoms with Crippen LogP contribution in [0.15, 0.2) is 0 Å². The molecule has 0 saturated carbocycles. The van der Waals surface area contributed by atoms with Gasteiger partial charge in [0.1, 0.15) is 0 Å². The van der Waals surface area contributed by atoms with Gasteiger partial charge >= 0.3 is 0 Å². The number of halogens is 4. The Balaban J connectivity index is 3.05. The molecule has 0 aromatic heterocycles. The highest BCUT2D eigenvalue weighted by Crippen LogP contribution is 2.29. The normalized spacial score (nSPS) is 12.0. The SMILES string of the molecule is Cc1c(F)c(F)c(CCC(C(C)C)C(C)C)c(F)c1F. The van der Waals surface area contributed by atoms with Crippen LogP contribution in [0.1, 0.15) is 45.2 Å². The summed E-state index contributed by atoms with van der Waals surface area (Å²) in [5, 5.41) is 0. The molecule has 4 heteroatoms. The highest BCUT2D eigenvalue weighted by molar-refractivity contribution is 5.29. The standard InChI is InChI=1S/C16H22F4/c1-8(2)11(9(3)4)6-7-12-15(19)13(17)10(5)14(18)16(12)20/h8-9,11H,6-7H2,1-5H3. The zero-order valence-corrected chi connectivity index (χ0v) is 12.7. The number of hydrogen-bond donors (Lipinski definition) is 0. The molecule has 0 radical (unpaired) electrons. The minimum Gasteiger partial charge on any atom is -0.203 e. The van der Waals surface area contributed by atoms with E-state index in [0.29, 0.717) is 18.3 Å². The van der Waals surface area contributed by atoms with Crippen molar-refractivity contribution in [2.24, 2.45) is 17.8 Å². The molecule has 0 aliphatic carbocycles. The molecule has 0 nitrogen and oxygen atoms in total. The summed E-state index contributed by atoms with van der Waals surface area (Å²) in [7, 11) is 0. The van der Waals surface area contributed by atoms with Gasteiger partial charge in [-0.05, 0) is 37.5 Å². The molecular weight excluding hydrogens is 268 g/mol. The van der Waals surface area contributed by atoms with Crippen molar-refractivity contribution in [1.29, 1.82) is 0 Å². The van der Waals surface area contributed by atoms with Crippen molar-refractivity contribution in [3.8, 4) is 0 Å². The molecule has 1 aromatic carbocycles. The fourth-order valence-electron chi connectivity index (χ4n) is 2.75. The third kappa shape index (κ3) is 3.33. The van der Waals surface area contributed by atoms with E-state index in [1.54, 1.807) is 0 Å². The molecule has 0 N–H and O–H groups in total. The molecular formula is C16H22F4. The van der Waals surface area contributed by atoms with Crippen molar-refractivity contribution in [1.82, 2.24) is 0 Å². The number of benzene rings is 1. The van der Waals surface area contributed by atoms with Crippen LogP contribution in [0.4, 0.5) is 17.6 Å². The van der Waals surface area contributed by atoms with Crippen molar-refractivity contribution >= 4 is 0 Å². The van der Waals surface area contributed by atoms with E-state index >= 15 is 0 Å². The minimum absolute atomic E-state index is 0.00676. The molecule has 0 saturated heterocycles. The fraction of sp³-hybridized carbons (Fsp3) is 0.625. The van der Waals surface area contributed by atoms with Gasteiger partial charge in [-0.2, -0.15) is 0 Å². The summed E-state index contributed by atoms with van der Waals surface area (Å²) >= 11 is 0. The van der Waals surface area contributed by atoms with E-state index in [1.807, 2.05) is 27.7 Å². The van der Waals surface area contributed by atoms with Crippen LogP contribution in [0.25, 0.3) is 0 Å². The van der Waals surface area contributed by atoms with Gasteiger partial charge in [0.15, 0.2) is 23.3 Å². The van der Waals surface area contributed by atoms with Gasteiger partial charge in [0, 0.05) is 11.1 Å². The van der Waals surface area contributed by atoms with Crippen molar-refractivity contribution in [3.63, 3.8) is 0 Å². The van der Waals surface area contributed by atoms with Gasteiger partial charge in [-0.1, -0.05) is 27.7 Å². The Labute approximate surface area is 118 Å². The largest absolute Gasteiger partial charge is 0.203 e. The summed E-state index contributed by atoms with van der Waals surface area (Å²) in [6.07, 6.45) is 0.512. The molecule has 114 valence electrons. The Morgan fingerprint density at radius 3 is 1.50 bits per heavy atom. The summed E-state index contributed by atoms with van der Waals surface area (Å²) in [4.78, 5) is 0. The fourth-order valence-corrected chi connectivity index (χ4v) is 2.75. The summed E-state index contributed by atoms with van der Waals surface area (Å²) < 4.78 is 54.5. The van der Waals surface area contributed by atoms with E-state index in [-0.39, 0.29) is 12.3 Å². The lowest BCUT2D eigenvalue weighted by Crippen LogP contribution is -2.17. The molecule has 0 bridgehead atoms. The van der Waals surface area contributed by atoms with Crippen molar-refractivity contribution in [3.05, 3.63) is 34.4 Å². The summed E-state index contributed by atoms with van der Waals surface area (Å²) in [6, 6.07) is 0. The molecule has 0 aliphatic heterocycles. The van der Waals surface area contributed by atoms with Crippen LogP contribution in [0, 0.1) is 47.9 Å². The van der Waals surface area contributed by atoms with E-state index < -0.39 is 34.4 Å². The maximum Gasteiger partial charge on any atom is 0.165 e. The van der Waals surface area contributed by atoms with Gasteiger partial charge < -0.3 is 0 Å². The van der Waals surface area contributed by atoms with Gasteiger partial charge in [0.05, 0.1) is 0 Å². The van der Waals surface area contributed by atoms with Crippen LogP contribution in [-0.4, -0.2) is 0 Å². The molecule has 0 spiro atoms. The average molecular weight is 290 g/mol. The van der Waals surface area contributed by atoms with Gasteiger partial charge in [-0.15, -0.1) is 0 Å². The predicted octanol–water partition coefficient (Wildman–Crippen LogP) is 5.41. The Bertz CT molecular complexity index is 441. The first-order chi connectivity index (χ1) is 9.18. The van der Waals surface area contributed by atoms with Crippen LogP contribution in [0.2, 0.25) is 0 Å². The van der Waals surface area contributed by atoms with Crippen molar-refractivity contribution in [2.45, 2.75) is 47.5 Å². The lowest BCUT2D eigenvalue weighted by molar-refractivity contribution is 0.267. The molecule has 0 unspecified atom stereocenters. The first-order valence-corrected chi connectivity index (χ1v) is 6.99. The topological polar surface area (TPSA) is 0 Å². The van der Waals surface area contributed by atoms with Gasteiger partial charge in [-0.3, -0.25) is 0 Å². The van der Waals surface area contributed by atoms with Crippen molar-refractivity contribution < 1.29 is 17.6 Å². The quantitative estimate of drug-likeness (QED) is 0.502. The van der Waals surface area contributed by atoms with Crippen LogP contribution >= 0.6 is 0 Å². The van der Waals surface area contributed by atoms with E-state index in [0.717, 1.165) is 6.92 Å². The summed E-state index contributed by atoms with van der Waals surface area (Å²) in [5.41, 5.74) is -1.08. The third-order valence-electron chi connectivity index (χ3n) is 4.01. The Hall–Kier alpha value is -1.06. The van der Waals surface area contributed by atoms with Crippen LogP contribution in [0.3, 0.4) is 0 Å². The maximum absolute atomic E-state index is 13.8. The first kappa shape index (κ1) is 17.0. The van der Waals surface area contributed by atoms with E-state index in [1.165, 1.54) is 0 Å². The third-order valence-corrected chi connectivity index (χ3v) is 4.01. The molecule has 1 rings (SSSR count). The molecule has 0 amide bonds. The van der Waals surface area contributed by atoms with Gasteiger partial charge in [-0.25, -0.2) is 17.6 Å². The zero-order chi connectivity index (χ0) is 15.6. The second-order valence-corrected chi connectivity index (χ2v) is 6.05. The van der Waals surface area contributed by atoms with E-state index in [4.69, 9.17) is 0 Å². The number of hydrogen-bond acceptors (Lipinski definition) is 0. The highest BCUT2D eigenvalue weighted by atomic mass is 19.2. The average Bonchev–Trinajstić information content (AvgIpc) is 2.37. The molecule has 20 heavy (non-hydrogen) atoms. The monoisotopic (exact) mass is 290 g/mol. The van der Waals surface area contributed by atoms with Gasteiger partial charge in [0.2, 0.25) is 0 Å². The highest BCUT2D eigenvalue weighted by Gasteiger charge is 2.25. The van der Waals surface area contributed by atoms with Gasteiger partial charge in [0.25, 0.3) is 0 Å².